The molecule has 1 aromatic rings. The third-order valence-corrected chi connectivity index (χ3v) is 3.44. The van der Waals surface area contributed by atoms with Crippen molar-refractivity contribution in [2.24, 2.45) is 0 Å². The van der Waals surface area contributed by atoms with Gasteiger partial charge in [0.1, 0.15) is 5.75 Å². The summed E-state index contributed by atoms with van der Waals surface area (Å²) in [6.45, 7) is 10.9. The quantitative estimate of drug-likeness (QED) is 0.777. The van der Waals surface area contributed by atoms with Gasteiger partial charge in [-0.05, 0) is 39.7 Å². The Hall–Kier alpha value is -1.02. The first-order valence-electron chi connectivity index (χ1n) is 7.10. The molecule has 0 aliphatic heterocycles. The standard InChI is InChI=1S/C16H27NO/c1-6-12(3)17-14(5)15-10-8-9-11-16(15)18-13(4)7-2/h8-14,17H,6-7H2,1-5H3/t12-,13-,14+/m0/s1. The molecule has 2 nitrogen and oxygen atoms in total. The first kappa shape index (κ1) is 15.0. The molecular weight excluding hydrogens is 222 g/mol. The molecule has 0 amide bonds. The van der Waals surface area contributed by atoms with Crippen LogP contribution in [0, 0.1) is 0 Å². The first-order chi connectivity index (χ1) is 8.58. The van der Waals surface area contributed by atoms with Crippen molar-refractivity contribution in [1.82, 2.24) is 5.32 Å². The lowest BCUT2D eigenvalue weighted by molar-refractivity contribution is 0.213. The lowest BCUT2D eigenvalue weighted by atomic mass is 10.1. The lowest BCUT2D eigenvalue weighted by Gasteiger charge is -2.23. The van der Waals surface area contributed by atoms with Gasteiger partial charge in [0.2, 0.25) is 0 Å². The molecule has 3 atom stereocenters. The molecule has 1 N–H and O–H groups in total. The Balaban J connectivity index is 2.80. The van der Waals surface area contributed by atoms with E-state index in [0.29, 0.717) is 12.1 Å². The zero-order chi connectivity index (χ0) is 13.5. The molecule has 0 aliphatic rings. The van der Waals surface area contributed by atoms with Gasteiger partial charge in [0.15, 0.2) is 0 Å². The van der Waals surface area contributed by atoms with Gasteiger partial charge in [0.05, 0.1) is 6.10 Å². The summed E-state index contributed by atoms with van der Waals surface area (Å²) in [6.07, 6.45) is 2.43. The van der Waals surface area contributed by atoms with Crippen LogP contribution in [-0.4, -0.2) is 12.1 Å². The van der Waals surface area contributed by atoms with Gasteiger partial charge in [-0.15, -0.1) is 0 Å². The van der Waals surface area contributed by atoms with Crippen LogP contribution >= 0.6 is 0 Å². The van der Waals surface area contributed by atoms with Gasteiger partial charge < -0.3 is 10.1 Å². The normalized spacial score (nSPS) is 16.1. The second-order valence-electron chi connectivity index (χ2n) is 5.07. The van der Waals surface area contributed by atoms with Gasteiger partial charge in [-0.2, -0.15) is 0 Å². The summed E-state index contributed by atoms with van der Waals surface area (Å²) in [5, 5.41) is 3.60. The third-order valence-electron chi connectivity index (χ3n) is 3.44. The Kier molecular flexibility index (Phi) is 6.20. The molecule has 1 rings (SSSR count). The molecule has 0 unspecified atom stereocenters. The molecule has 0 radical (unpaired) electrons. The number of para-hydroxylation sites is 1. The molecule has 0 fully saturated rings. The Morgan fingerprint density at radius 3 is 2.33 bits per heavy atom. The average Bonchev–Trinajstić information content (AvgIpc) is 2.38. The van der Waals surface area contributed by atoms with Gasteiger partial charge in [-0.25, -0.2) is 0 Å². The Labute approximate surface area is 112 Å². The van der Waals surface area contributed by atoms with Crippen molar-refractivity contribution < 1.29 is 4.74 Å². The molecule has 0 heterocycles. The highest BCUT2D eigenvalue weighted by Gasteiger charge is 2.14. The maximum Gasteiger partial charge on any atom is 0.124 e. The molecule has 2 heteroatoms. The topological polar surface area (TPSA) is 21.3 Å². The summed E-state index contributed by atoms with van der Waals surface area (Å²) in [4.78, 5) is 0. The Morgan fingerprint density at radius 2 is 1.72 bits per heavy atom. The second-order valence-corrected chi connectivity index (χ2v) is 5.07. The summed E-state index contributed by atoms with van der Waals surface area (Å²) in [5.41, 5.74) is 1.25. The number of hydrogen-bond acceptors (Lipinski definition) is 2. The highest BCUT2D eigenvalue weighted by Crippen LogP contribution is 2.26. The summed E-state index contributed by atoms with van der Waals surface area (Å²) < 4.78 is 5.99. The fourth-order valence-corrected chi connectivity index (χ4v) is 1.88. The summed E-state index contributed by atoms with van der Waals surface area (Å²) in [7, 11) is 0. The van der Waals surface area contributed by atoms with Crippen LogP contribution in [0.3, 0.4) is 0 Å². The second kappa shape index (κ2) is 7.42. The van der Waals surface area contributed by atoms with Crippen LogP contribution in [0.15, 0.2) is 24.3 Å². The van der Waals surface area contributed by atoms with E-state index < -0.39 is 0 Å². The van der Waals surface area contributed by atoms with Crippen molar-refractivity contribution in [2.75, 3.05) is 0 Å². The van der Waals surface area contributed by atoms with E-state index in [4.69, 9.17) is 4.74 Å². The van der Waals surface area contributed by atoms with E-state index in [0.717, 1.165) is 18.6 Å². The number of rotatable bonds is 7. The molecule has 0 spiro atoms. The minimum absolute atomic E-state index is 0.266. The summed E-state index contributed by atoms with van der Waals surface area (Å²) in [5.74, 6) is 1.01. The zero-order valence-corrected chi connectivity index (χ0v) is 12.4. The maximum absolute atomic E-state index is 5.99. The average molecular weight is 249 g/mol. The Bertz CT molecular complexity index is 351. The molecule has 0 saturated carbocycles. The third kappa shape index (κ3) is 4.34. The predicted molar refractivity (Wildman–Crippen MR) is 78.1 cm³/mol. The van der Waals surface area contributed by atoms with Crippen molar-refractivity contribution in [1.29, 1.82) is 0 Å². The predicted octanol–water partition coefficient (Wildman–Crippen LogP) is 4.31. The van der Waals surface area contributed by atoms with E-state index in [1.165, 1.54) is 5.56 Å². The number of hydrogen-bond donors (Lipinski definition) is 1. The van der Waals surface area contributed by atoms with Crippen LogP contribution < -0.4 is 10.1 Å². The minimum atomic E-state index is 0.266. The minimum Gasteiger partial charge on any atom is -0.490 e. The highest BCUT2D eigenvalue weighted by molar-refractivity contribution is 5.35. The molecule has 18 heavy (non-hydrogen) atoms. The van der Waals surface area contributed by atoms with Crippen LogP contribution in [0.4, 0.5) is 0 Å². The van der Waals surface area contributed by atoms with E-state index in [1.54, 1.807) is 0 Å². The van der Waals surface area contributed by atoms with E-state index >= 15 is 0 Å². The van der Waals surface area contributed by atoms with Crippen molar-refractivity contribution >= 4 is 0 Å². The molecule has 102 valence electrons. The molecule has 1 aromatic carbocycles. The summed E-state index contributed by atoms with van der Waals surface area (Å²) in [6, 6.07) is 9.18. The van der Waals surface area contributed by atoms with Crippen molar-refractivity contribution in [3.8, 4) is 5.75 Å². The van der Waals surface area contributed by atoms with Crippen molar-refractivity contribution in [3.63, 3.8) is 0 Å². The number of ether oxygens (including phenoxy) is 1. The molecular formula is C16H27NO. The van der Waals surface area contributed by atoms with Gasteiger partial charge in [-0.1, -0.05) is 32.0 Å². The van der Waals surface area contributed by atoms with Gasteiger partial charge >= 0.3 is 0 Å². The monoisotopic (exact) mass is 249 g/mol. The van der Waals surface area contributed by atoms with Gasteiger partial charge in [0.25, 0.3) is 0 Å². The van der Waals surface area contributed by atoms with E-state index in [2.05, 4.69) is 58.1 Å². The molecule has 0 aliphatic carbocycles. The first-order valence-corrected chi connectivity index (χ1v) is 7.10. The van der Waals surface area contributed by atoms with Crippen LogP contribution in [0.2, 0.25) is 0 Å². The smallest absolute Gasteiger partial charge is 0.124 e. The highest BCUT2D eigenvalue weighted by atomic mass is 16.5. The van der Waals surface area contributed by atoms with E-state index in [9.17, 15) is 0 Å². The van der Waals surface area contributed by atoms with Gasteiger partial charge in [-0.3, -0.25) is 0 Å². The van der Waals surface area contributed by atoms with Crippen LogP contribution in [0.1, 0.15) is 59.1 Å². The largest absolute Gasteiger partial charge is 0.490 e. The number of nitrogens with one attached hydrogen (secondary N) is 1. The fraction of sp³-hybridized carbons (Fsp3) is 0.625. The SMILES string of the molecule is CC[C@H](C)N[C@H](C)c1ccccc1O[C@@H](C)CC. The molecule has 0 saturated heterocycles. The van der Waals surface area contributed by atoms with Crippen LogP contribution in [0.25, 0.3) is 0 Å². The van der Waals surface area contributed by atoms with Gasteiger partial charge in [0, 0.05) is 17.6 Å². The van der Waals surface area contributed by atoms with Crippen LogP contribution in [-0.2, 0) is 0 Å². The molecule has 0 bridgehead atoms. The van der Waals surface area contributed by atoms with E-state index in [1.807, 2.05) is 6.07 Å². The Morgan fingerprint density at radius 1 is 1.06 bits per heavy atom. The fourth-order valence-electron chi connectivity index (χ4n) is 1.88. The lowest BCUT2D eigenvalue weighted by Crippen LogP contribution is -2.28. The zero-order valence-electron chi connectivity index (χ0n) is 12.4. The maximum atomic E-state index is 5.99. The van der Waals surface area contributed by atoms with E-state index in [-0.39, 0.29) is 6.10 Å². The number of benzene rings is 1. The van der Waals surface area contributed by atoms with Crippen LogP contribution in [0.5, 0.6) is 5.75 Å². The van der Waals surface area contributed by atoms with Crippen molar-refractivity contribution in [3.05, 3.63) is 29.8 Å². The molecule has 0 aromatic heterocycles. The van der Waals surface area contributed by atoms with Crippen molar-refractivity contribution in [2.45, 2.75) is 65.6 Å². The summed E-state index contributed by atoms with van der Waals surface area (Å²) >= 11 is 0.